The van der Waals surface area contributed by atoms with Gasteiger partial charge in [0.2, 0.25) is 5.95 Å². The summed E-state index contributed by atoms with van der Waals surface area (Å²) in [6, 6.07) is 8.24. The van der Waals surface area contributed by atoms with E-state index >= 15 is 0 Å². The first-order chi connectivity index (χ1) is 8.83. The molecule has 94 valence electrons. The van der Waals surface area contributed by atoms with Crippen LogP contribution >= 0.6 is 0 Å². The summed E-state index contributed by atoms with van der Waals surface area (Å²) in [6.45, 7) is 6.33. The van der Waals surface area contributed by atoms with E-state index in [1.165, 1.54) is 18.3 Å². The van der Waals surface area contributed by atoms with E-state index in [9.17, 15) is 0 Å². The van der Waals surface area contributed by atoms with Crippen LogP contribution < -0.4 is 10.2 Å². The van der Waals surface area contributed by atoms with E-state index in [0.29, 0.717) is 5.95 Å². The molecule has 18 heavy (non-hydrogen) atoms. The molecule has 0 saturated carbocycles. The zero-order valence-corrected chi connectivity index (χ0v) is 10.7. The fourth-order valence-electron chi connectivity index (χ4n) is 1.78. The number of anilines is 3. The summed E-state index contributed by atoms with van der Waals surface area (Å²) >= 11 is 0. The second kappa shape index (κ2) is 5.95. The Labute approximate surface area is 107 Å². The molecule has 1 aromatic carbocycles. The first-order valence-corrected chi connectivity index (χ1v) is 6.07. The topological polar surface area (TPSA) is 53.9 Å². The Kier molecular flexibility index (Phi) is 4.06. The molecule has 0 amide bonds. The van der Waals surface area contributed by atoms with Gasteiger partial charge in [0.15, 0.2) is 0 Å². The van der Waals surface area contributed by atoms with Crippen LogP contribution in [-0.4, -0.2) is 28.0 Å². The van der Waals surface area contributed by atoms with Crippen LogP contribution in [0.3, 0.4) is 0 Å². The lowest BCUT2D eigenvalue weighted by Gasteiger charge is -2.21. The Bertz CT molecular complexity index is 465. The molecule has 2 aromatic rings. The van der Waals surface area contributed by atoms with E-state index in [0.717, 1.165) is 18.8 Å². The maximum absolute atomic E-state index is 4.02. The standard InChI is InChI=1S/C13H17N5/c1-3-18(4-2)12-7-5-11(6-8-12)17-13-15-9-14-10-16-13/h5-10H,3-4H2,1-2H3,(H,14,15,16,17). The van der Waals surface area contributed by atoms with Crippen molar-refractivity contribution in [2.24, 2.45) is 0 Å². The first-order valence-electron chi connectivity index (χ1n) is 6.07. The number of hydrogen-bond acceptors (Lipinski definition) is 5. The lowest BCUT2D eigenvalue weighted by molar-refractivity contribution is 0.866. The molecule has 5 nitrogen and oxygen atoms in total. The number of aromatic nitrogens is 3. The van der Waals surface area contributed by atoms with Crippen LogP contribution in [0.15, 0.2) is 36.9 Å². The maximum atomic E-state index is 4.02. The average Bonchev–Trinajstić information content (AvgIpc) is 2.43. The molecule has 0 aliphatic heterocycles. The van der Waals surface area contributed by atoms with Crippen molar-refractivity contribution in [3.63, 3.8) is 0 Å². The molecule has 0 spiro atoms. The fraction of sp³-hybridized carbons (Fsp3) is 0.308. The van der Waals surface area contributed by atoms with Crippen LogP contribution in [-0.2, 0) is 0 Å². The third kappa shape index (κ3) is 2.94. The van der Waals surface area contributed by atoms with Gasteiger partial charge in [0, 0.05) is 24.5 Å². The van der Waals surface area contributed by atoms with Crippen molar-refractivity contribution in [3.05, 3.63) is 36.9 Å². The number of hydrogen-bond donors (Lipinski definition) is 1. The predicted molar refractivity (Wildman–Crippen MR) is 73.1 cm³/mol. The number of nitrogens with one attached hydrogen (secondary N) is 1. The first kappa shape index (κ1) is 12.3. The second-order valence-electron chi connectivity index (χ2n) is 3.81. The summed E-state index contributed by atoms with van der Waals surface area (Å²) < 4.78 is 0. The Hall–Kier alpha value is -2.17. The van der Waals surface area contributed by atoms with E-state index < -0.39 is 0 Å². The zero-order chi connectivity index (χ0) is 12.8. The van der Waals surface area contributed by atoms with E-state index in [2.05, 4.69) is 51.1 Å². The van der Waals surface area contributed by atoms with Gasteiger partial charge in [0.25, 0.3) is 0 Å². The Morgan fingerprint density at radius 1 is 1.00 bits per heavy atom. The largest absolute Gasteiger partial charge is 0.372 e. The quantitative estimate of drug-likeness (QED) is 0.874. The number of nitrogens with zero attached hydrogens (tertiary/aromatic N) is 4. The van der Waals surface area contributed by atoms with E-state index in [1.54, 1.807) is 0 Å². The Morgan fingerprint density at radius 2 is 1.61 bits per heavy atom. The summed E-state index contributed by atoms with van der Waals surface area (Å²) in [5.74, 6) is 0.556. The molecule has 0 aliphatic carbocycles. The summed E-state index contributed by atoms with van der Waals surface area (Å²) in [4.78, 5) is 14.1. The highest BCUT2D eigenvalue weighted by molar-refractivity contribution is 5.59. The van der Waals surface area contributed by atoms with Crippen LogP contribution in [0.5, 0.6) is 0 Å². The molecule has 5 heteroatoms. The van der Waals surface area contributed by atoms with Crippen molar-refractivity contribution >= 4 is 17.3 Å². The zero-order valence-electron chi connectivity index (χ0n) is 10.7. The molecule has 0 saturated heterocycles. The lowest BCUT2D eigenvalue weighted by Crippen LogP contribution is -2.21. The van der Waals surface area contributed by atoms with Crippen molar-refractivity contribution in [2.75, 3.05) is 23.3 Å². The third-order valence-corrected chi connectivity index (χ3v) is 2.75. The van der Waals surface area contributed by atoms with Gasteiger partial charge in [-0.15, -0.1) is 0 Å². The number of rotatable bonds is 5. The predicted octanol–water partition coefficient (Wildman–Crippen LogP) is 2.46. The average molecular weight is 243 g/mol. The summed E-state index contributed by atoms with van der Waals surface area (Å²) in [5.41, 5.74) is 2.19. The van der Waals surface area contributed by atoms with Crippen LogP contribution in [0.25, 0.3) is 0 Å². The second-order valence-corrected chi connectivity index (χ2v) is 3.81. The van der Waals surface area contributed by atoms with Crippen molar-refractivity contribution in [1.29, 1.82) is 0 Å². The molecule has 2 rings (SSSR count). The maximum Gasteiger partial charge on any atom is 0.230 e. The molecular formula is C13H17N5. The minimum Gasteiger partial charge on any atom is -0.372 e. The molecule has 0 radical (unpaired) electrons. The Balaban J connectivity index is 2.08. The van der Waals surface area contributed by atoms with Gasteiger partial charge >= 0.3 is 0 Å². The fourth-order valence-corrected chi connectivity index (χ4v) is 1.78. The van der Waals surface area contributed by atoms with Crippen molar-refractivity contribution < 1.29 is 0 Å². The van der Waals surface area contributed by atoms with Crippen molar-refractivity contribution in [3.8, 4) is 0 Å². The highest BCUT2D eigenvalue weighted by Gasteiger charge is 2.01. The molecule has 1 N–H and O–H groups in total. The van der Waals surface area contributed by atoms with E-state index in [-0.39, 0.29) is 0 Å². The van der Waals surface area contributed by atoms with Crippen LogP contribution in [0.4, 0.5) is 17.3 Å². The molecule has 0 atom stereocenters. The molecule has 0 fully saturated rings. The highest BCUT2D eigenvalue weighted by atomic mass is 15.1. The van der Waals surface area contributed by atoms with E-state index in [1.807, 2.05) is 12.1 Å². The molecule has 1 heterocycles. The third-order valence-electron chi connectivity index (χ3n) is 2.75. The molecular weight excluding hydrogens is 226 g/mol. The SMILES string of the molecule is CCN(CC)c1ccc(Nc2ncncn2)cc1. The normalized spacial score (nSPS) is 10.1. The van der Waals surface area contributed by atoms with Gasteiger partial charge in [-0.1, -0.05) is 0 Å². The van der Waals surface area contributed by atoms with Gasteiger partial charge in [0.1, 0.15) is 12.7 Å². The molecule has 0 unspecified atom stereocenters. The van der Waals surface area contributed by atoms with Gasteiger partial charge in [0.05, 0.1) is 0 Å². The lowest BCUT2D eigenvalue weighted by atomic mass is 10.2. The van der Waals surface area contributed by atoms with Gasteiger partial charge in [-0.25, -0.2) is 15.0 Å². The minimum absolute atomic E-state index is 0.556. The Morgan fingerprint density at radius 3 is 2.17 bits per heavy atom. The van der Waals surface area contributed by atoms with Gasteiger partial charge in [-0.2, -0.15) is 0 Å². The monoisotopic (exact) mass is 243 g/mol. The smallest absolute Gasteiger partial charge is 0.230 e. The summed E-state index contributed by atoms with van der Waals surface area (Å²) in [6.07, 6.45) is 2.94. The van der Waals surface area contributed by atoms with Crippen molar-refractivity contribution in [2.45, 2.75) is 13.8 Å². The van der Waals surface area contributed by atoms with Gasteiger partial charge < -0.3 is 10.2 Å². The van der Waals surface area contributed by atoms with Crippen LogP contribution in [0.1, 0.15) is 13.8 Å². The summed E-state index contributed by atoms with van der Waals surface area (Å²) in [5, 5.41) is 3.13. The van der Waals surface area contributed by atoms with Crippen LogP contribution in [0, 0.1) is 0 Å². The minimum atomic E-state index is 0.556. The number of benzene rings is 1. The van der Waals surface area contributed by atoms with Crippen molar-refractivity contribution in [1.82, 2.24) is 15.0 Å². The molecule has 0 bridgehead atoms. The van der Waals surface area contributed by atoms with E-state index in [4.69, 9.17) is 0 Å². The highest BCUT2D eigenvalue weighted by Crippen LogP contribution is 2.19. The van der Waals surface area contributed by atoms with Crippen LogP contribution in [0.2, 0.25) is 0 Å². The molecule has 1 aromatic heterocycles. The van der Waals surface area contributed by atoms with Gasteiger partial charge in [-0.05, 0) is 38.1 Å². The summed E-state index contributed by atoms with van der Waals surface area (Å²) in [7, 11) is 0. The molecule has 0 aliphatic rings. The van der Waals surface area contributed by atoms with Gasteiger partial charge in [-0.3, -0.25) is 0 Å².